The molecule has 0 bridgehead atoms. The van der Waals surface area contributed by atoms with E-state index in [9.17, 15) is 18.4 Å². The number of carbonyl (C=O) groups is 2. The van der Waals surface area contributed by atoms with Crippen LogP contribution in [-0.2, 0) is 9.59 Å². The predicted molar refractivity (Wildman–Crippen MR) is 117 cm³/mol. The summed E-state index contributed by atoms with van der Waals surface area (Å²) in [4.78, 5) is 31.8. The number of hydrogen-bond acceptors (Lipinski definition) is 5. The van der Waals surface area contributed by atoms with Crippen molar-refractivity contribution in [3.8, 4) is 5.75 Å². The van der Waals surface area contributed by atoms with Gasteiger partial charge in [-0.2, -0.15) is 0 Å². The fraction of sp³-hybridized carbons (Fsp3) is 0.333. The molecule has 0 spiro atoms. The molecule has 1 saturated heterocycles. The fourth-order valence-electron chi connectivity index (χ4n) is 4.12. The molecule has 168 valence electrons. The summed E-state index contributed by atoms with van der Waals surface area (Å²) in [6.07, 6.45) is 0. The van der Waals surface area contributed by atoms with Crippen molar-refractivity contribution >= 4 is 23.1 Å². The molecule has 0 N–H and O–H groups in total. The van der Waals surface area contributed by atoms with E-state index in [2.05, 4.69) is 11.8 Å². The lowest BCUT2D eigenvalue weighted by atomic mass is 10.0. The second kappa shape index (κ2) is 9.08. The Morgan fingerprint density at radius 3 is 2.22 bits per heavy atom. The van der Waals surface area contributed by atoms with E-state index in [0.717, 1.165) is 42.7 Å². The molecule has 0 saturated carbocycles. The normalized spacial score (nSPS) is 17.5. The average molecular weight is 441 g/mol. The van der Waals surface area contributed by atoms with Crippen LogP contribution in [0.4, 0.5) is 14.5 Å². The summed E-state index contributed by atoms with van der Waals surface area (Å²) in [6, 6.07) is 9.61. The predicted octanol–water partition coefficient (Wildman–Crippen LogP) is 3.29. The summed E-state index contributed by atoms with van der Waals surface area (Å²) in [6.45, 7) is 7.93. The van der Waals surface area contributed by atoms with Gasteiger partial charge in [-0.05, 0) is 43.3 Å². The molecule has 2 aliphatic heterocycles. The first-order valence-corrected chi connectivity index (χ1v) is 10.7. The average Bonchev–Trinajstić information content (AvgIpc) is 3.06. The number of amides is 2. The number of hydrogen-bond donors (Lipinski definition) is 0. The minimum absolute atomic E-state index is 0.187. The third kappa shape index (κ3) is 3.98. The minimum atomic E-state index is -0.837. The van der Waals surface area contributed by atoms with Crippen molar-refractivity contribution < 1.29 is 23.1 Å². The van der Waals surface area contributed by atoms with Gasteiger partial charge < -0.3 is 14.5 Å². The van der Waals surface area contributed by atoms with Crippen molar-refractivity contribution in [1.29, 1.82) is 0 Å². The lowest BCUT2D eigenvalue weighted by molar-refractivity contribution is -0.120. The van der Waals surface area contributed by atoms with Crippen molar-refractivity contribution in [1.82, 2.24) is 9.80 Å². The van der Waals surface area contributed by atoms with Crippen molar-refractivity contribution in [3.05, 3.63) is 65.4 Å². The zero-order chi connectivity index (χ0) is 22.8. The van der Waals surface area contributed by atoms with E-state index in [1.54, 1.807) is 24.3 Å². The molecule has 0 aliphatic carbocycles. The SMILES string of the molecule is CCOc1ccc(C2=C(N3CCN(CC)CC3)C(=O)N(c3cc(F)ccc3F)C2=O)cc1. The van der Waals surface area contributed by atoms with Crippen LogP contribution in [0, 0.1) is 11.6 Å². The molecule has 1 fully saturated rings. The van der Waals surface area contributed by atoms with Gasteiger partial charge >= 0.3 is 0 Å². The minimum Gasteiger partial charge on any atom is -0.494 e. The Balaban J connectivity index is 1.78. The van der Waals surface area contributed by atoms with Gasteiger partial charge in [0.2, 0.25) is 0 Å². The molecule has 2 aromatic rings. The van der Waals surface area contributed by atoms with Crippen LogP contribution in [0.15, 0.2) is 48.2 Å². The van der Waals surface area contributed by atoms with E-state index in [-0.39, 0.29) is 17.0 Å². The molecule has 0 unspecified atom stereocenters. The summed E-state index contributed by atoms with van der Waals surface area (Å²) in [5.74, 6) is -2.24. The molecule has 2 aromatic carbocycles. The van der Waals surface area contributed by atoms with Gasteiger partial charge in [0.25, 0.3) is 11.8 Å². The number of rotatable bonds is 6. The third-order valence-corrected chi connectivity index (χ3v) is 5.80. The second-order valence-corrected chi connectivity index (χ2v) is 7.64. The van der Waals surface area contributed by atoms with Crippen LogP contribution in [0.25, 0.3) is 5.57 Å². The highest BCUT2D eigenvalue weighted by molar-refractivity contribution is 6.45. The van der Waals surface area contributed by atoms with E-state index < -0.39 is 23.4 Å². The number of halogens is 2. The molecule has 32 heavy (non-hydrogen) atoms. The van der Waals surface area contributed by atoms with Crippen molar-refractivity contribution in [3.63, 3.8) is 0 Å². The molecule has 0 aromatic heterocycles. The van der Waals surface area contributed by atoms with Crippen LogP contribution >= 0.6 is 0 Å². The molecule has 2 heterocycles. The molecule has 0 radical (unpaired) electrons. The quantitative estimate of drug-likeness (QED) is 0.644. The van der Waals surface area contributed by atoms with Gasteiger partial charge in [0.15, 0.2) is 0 Å². The summed E-state index contributed by atoms with van der Waals surface area (Å²) >= 11 is 0. The Labute approximate surface area is 185 Å². The highest BCUT2D eigenvalue weighted by atomic mass is 19.1. The number of piperazine rings is 1. The topological polar surface area (TPSA) is 53.1 Å². The molecule has 8 heteroatoms. The standard InChI is InChI=1S/C24H25F2N3O3/c1-3-27-11-13-28(14-12-27)22-21(16-5-8-18(9-6-16)32-4-2)23(30)29(24(22)31)20-15-17(25)7-10-19(20)26/h5-10,15H,3-4,11-14H2,1-2H3. The summed E-state index contributed by atoms with van der Waals surface area (Å²) in [5.41, 5.74) is 0.551. The Morgan fingerprint density at radius 1 is 0.906 bits per heavy atom. The summed E-state index contributed by atoms with van der Waals surface area (Å²) in [5, 5.41) is 0. The first kappa shape index (κ1) is 22.0. The van der Waals surface area contributed by atoms with Crippen LogP contribution in [0.5, 0.6) is 5.75 Å². The Kier molecular flexibility index (Phi) is 6.23. The molecular formula is C24H25F2N3O3. The summed E-state index contributed by atoms with van der Waals surface area (Å²) < 4.78 is 33.9. The van der Waals surface area contributed by atoms with Crippen molar-refractivity contribution in [2.45, 2.75) is 13.8 Å². The molecular weight excluding hydrogens is 416 g/mol. The Bertz CT molecular complexity index is 1060. The number of imide groups is 1. The van der Waals surface area contributed by atoms with Gasteiger partial charge in [-0.15, -0.1) is 0 Å². The van der Waals surface area contributed by atoms with Crippen LogP contribution < -0.4 is 9.64 Å². The van der Waals surface area contributed by atoms with Gasteiger partial charge in [-0.1, -0.05) is 19.1 Å². The zero-order valence-electron chi connectivity index (χ0n) is 18.1. The summed E-state index contributed by atoms with van der Waals surface area (Å²) in [7, 11) is 0. The first-order valence-electron chi connectivity index (χ1n) is 10.7. The van der Waals surface area contributed by atoms with Crippen LogP contribution in [0.3, 0.4) is 0 Å². The molecule has 2 aliphatic rings. The van der Waals surface area contributed by atoms with Crippen LogP contribution in [-0.4, -0.2) is 60.9 Å². The number of benzene rings is 2. The molecule has 0 atom stereocenters. The maximum absolute atomic E-state index is 14.5. The van der Waals surface area contributed by atoms with Gasteiger partial charge in [0.05, 0.1) is 17.9 Å². The first-order chi connectivity index (χ1) is 15.4. The number of ether oxygens (including phenoxy) is 1. The lowest BCUT2D eigenvalue weighted by Crippen LogP contribution is -2.47. The highest BCUT2D eigenvalue weighted by Gasteiger charge is 2.44. The van der Waals surface area contributed by atoms with E-state index in [4.69, 9.17) is 4.74 Å². The monoisotopic (exact) mass is 441 g/mol. The van der Waals surface area contributed by atoms with Crippen LogP contribution in [0.1, 0.15) is 19.4 Å². The lowest BCUT2D eigenvalue weighted by Gasteiger charge is -2.36. The van der Waals surface area contributed by atoms with E-state index in [0.29, 0.717) is 31.0 Å². The fourth-order valence-corrected chi connectivity index (χ4v) is 4.12. The van der Waals surface area contributed by atoms with Gasteiger partial charge in [0, 0.05) is 32.2 Å². The van der Waals surface area contributed by atoms with Crippen molar-refractivity contribution in [2.75, 3.05) is 44.2 Å². The molecule has 6 nitrogen and oxygen atoms in total. The molecule has 2 amide bonds. The zero-order valence-corrected chi connectivity index (χ0v) is 18.1. The Morgan fingerprint density at radius 2 is 1.59 bits per heavy atom. The largest absolute Gasteiger partial charge is 0.494 e. The number of nitrogens with zero attached hydrogens (tertiary/aromatic N) is 3. The van der Waals surface area contributed by atoms with Crippen LogP contribution in [0.2, 0.25) is 0 Å². The molecule has 4 rings (SSSR count). The smallest absolute Gasteiger partial charge is 0.282 e. The number of anilines is 1. The van der Waals surface area contributed by atoms with E-state index in [1.165, 1.54) is 0 Å². The van der Waals surface area contributed by atoms with Gasteiger partial charge in [0.1, 0.15) is 23.1 Å². The maximum atomic E-state index is 14.5. The van der Waals surface area contributed by atoms with Gasteiger partial charge in [-0.3, -0.25) is 9.59 Å². The second-order valence-electron chi connectivity index (χ2n) is 7.64. The van der Waals surface area contributed by atoms with E-state index in [1.807, 2.05) is 11.8 Å². The number of likely N-dealkylation sites (N-methyl/N-ethyl adjacent to an activating group) is 1. The maximum Gasteiger partial charge on any atom is 0.282 e. The van der Waals surface area contributed by atoms with Crippen molar-refractivity contribution in [2.24, 2.45) is 0 Å². The van der Waals surface area contributed by atoms with Gasteiger partial charge in [-0.25, -0.2) is 13.7 Å². The Hall–Kier alpha value is -3.26. The third-order valence-electron chi connectivity index (χ3n) is 5.80. The van der Waals surface area contributed by atoms with E-state index >= 15 is 0 Å². The number of carbonyl (C=O) groups excluding carboxylic acids is 2. The highest BCUT2D eigenvalue weighted by Crippen LogP contribution is 2.36.